The minimum Gasteiger partial charge on any atom is -0.462 e. The molecule has 0 amide bonds. The van der Waals surface area contributed by atoms with Gasteiger partial charge < -0.3 is 39.4 Å². The lowest BCUT2D eigenvalue weighted by molar-refractivity contribution is -0.305. The van der Waals surface area contributed by atoms with Gasteiger partial charge in [-0.3, -0.25) is 9.59 Å². The molecule has 2 unspecified atom stereocenters. The molecule has 51 heavy (non-hydrogen) atoms. The molecule has 1 heterocycles. The molecule has 0 aromatic heterocycles. The normalized spacial score (nSPS) is 21.3. The molecule has 1 saturated heterocycles. The van der Waals surface area contributed by atoms with Crippen molar-refractivity contribution in [2.24, 2.45) is 0 Å². The van der Waals surface area contributed by atoms with Gasteiger partial charge in [0, 0.05) is 12.8 Å². The van der Waals surface area contributed by atoms with E-state index in [4.69, 9.17) is 18.9 Å². The van der Waals surface area contributed by atoms with Crippen molar-refractivity contribution in [1.82, 2.24) is 0 Å². The second-order valence-corrected chi connectivity index (χ2v) is 14.4. The van der Waals surface area contributed by atoms with E-state index < -0.39 is 49.4 Å². The highest BCUT2D eigenvalue weighted by Gasteiger charge is 2.44. The number of carbonyl (C=O) groups excluding carboxylic acids is 2. The SMILES string of the molecule is CCCCCCC/C=C/CCCCCCCC(=O)O[C@H](COC(=O)CCCCCCCCCCCCCC)CO[C@@H]1O[C@H](CO)[C@H](O)C(O)C1O. The molecule has 0 spiro atoms. The molecule has 0 radical (unpaired) electrons. The molecule has 0 aromatic rings. The van der Waals surface area contributed by atoms with Crippen LogP contribution in [0.15, 0.2) is 12.2 Å². The smallest absolute Gasteiger partial charge is 0.306 e. The standard InChI is InChI=1S/C41H76O10/c1-3-5-7-9-11-13-15-17-18-20-22-24-26-28-30-37(44)50-34(33-49-41-40(47)39(46)38(45)35(31-42)51-41)32-48-36(43)29-27-25-23-21-19-16-14-12-10-8-6-4-2/h15,17,34-35,38-42,45-47H,3-14,16,18-33H2,1-2H3/b17-15+/t34-,35-,38+,39?,40?,41-/m1/s1. The highest BCUT2D eigenvalue weighted by Crippen LogP contribution is 2.22. The first kappa shape index (κ1) is 47.5. The monoisotopic (exact) mass is 729 g/mol. The van der Waals surface area contributed by atoms with Gasteiger partial charge in [0.2, 0.25) is 0 Å². The van der Waals surface area contributed by atoms with Crippen LogP contribution in [0.4, 0.5) is 0 Å². The fourth-order valence-electron chi connectivity index (χ4n) is 6.30. The molecule has 300 valence electrons. The van der Waals surface area contributed by atoms with E-state index in [1.54, 1.807) is 0 Å². The number of esters is 2. The minimum atomic E-state index is -1.59. The third-order valence-corrected chi connectivity index (χ3v) is 9.65. The second-order valence-electron chi connectivity index (χ2n) is 14.4. The minimum absolute atomic E-state index is 0.216. The van der Waals surface area contributed by atoms with Crippen LogP contribution >= 0.6 is 0 Å². The number of carbonyl (C=O) groups is 2. The van der Waals surface area contributed by atoms with Crippen molar-refractivity contribution < 1.29 is 49.0 Å². The van der Waals surface area contributed by atoms with Gasteiger partial charge in [0.25, 0.3) is 0 Å². The number of unbranched alkanes of at least 4 members (excludes halogenated alkanes) is 21. The number of aliphatic hydroxyl groups excluding tert-OH is 4. The van der Waals surface area contributed by atoms with Crippen LogP contribution in [0.1, 0.15) is 181 Å². The lowest BCUT2D eigenvalue weighted by Gasteiger charge is -2.39. The van der Waals surface area contributed by atoms with Gasteiger partial charge in [-0.05, 0) is 38.5 Å². The average molecular weight is 729 g/mol. The molecular formula is C41H76O10. The fourth-order valence-corrected chi connectivity index (χ4v) is 6.30. The largest absolute Gasteiger partial charge is 0.462 e. The Labute approximate surface area is 310 Å². The highest BCUT2D eigenvalue weighted by atomic mass is 16.7. The van der Waals surface area contributed by atoms with Crippen LogP contribution in [0.25, 0.3) is 0 Å². The Hall–Kier alpha value is -1.56. The Morgan fingerprint density at radius 1 is 0.588 bits per heavy atom. The second kappa shape index (κ2) is 33.0. The molecule has 10 nitrogen and oxygen atoms in total. The van der Waals surface area contributed by atoms with Gasteiger partial charge in [-0.1, -0.05) is 142 Å². The van der Waals surface area contributed by atoms with Crippen LogP contribution in [0.5, 0.6) is 0 Å². The van der Waals surface area contributed by atoms with E-state index in [2.05, 4.69) is 26.0 Å². The van der Waals surface area contributed by atoms with E-state index in [1.807, 2.05) is 0 Å². The summed E-state index contributed by atoms with van der Waals surface area (Å²) in [5, 5.41) is 39.9. The lowest BCUT2D eigenvalue weighted by atomic mass is 9.99. The Morgan fingerprint density at radius 3 is 1.53 bits per heavy atom. The summed E-state index contributed by atoms with van der Waals surface area (Å²) in [7, 11) is 0. The van der Waals surface area contributed by atoms with Crippen LogP contribution in [-0.2, 0) is 28.5 Å². The molecular weight excluding hydrogens is 652 g/mol. The summed E-state index contributed by atoms with van der Waals surface area (Å²) < 4.78 is 22.1. The molecule has 0 bridgehead atoms. The van der Waals surface area contributed by atoms with Crippen LogP contribution in [-0.4, -0.2) is 89.0 Å². The number of aliphatic hydroxyl groups is 4. The van der Waals surface area contributed by atoms with Gasteiger partial charge in [0.05, 0.1) is 13.2 Å². The van der Waals surface area contributed by atoms with E-state index in [1.165, 1.54) is 96.3 Å². The van der Waals surface area contributed by atoms with Gasteiger partial charge in [0.1, 0.15) is 31.0 Å². The van der Waals surface area contributed by atoms with E-state index in [-0.39, 0.29) is 32.0 Å². The van der Waals surface area contributed by atoms with Crippen molar-refractivity contribution in [2.45, 2.75) is 218 Å². The summed E-state index contributed by atoms with van der Waals surface area (Å²) in [5.74, 6) is -0.811. The van der Waals surface area contributed by atoms with Crippen LogP contribution in [0.3, 0.4) is 0 Å². The third kappa shape index (κ3) is 25.2. The van der Waals surface area contributed by atoms with Crippen molar-refractivity contribution in [3.63, 3.8) is 0 Å². The maximum absolute atomic E-state index is 12.7. The maximum atomic E-state index is 12.7. The molecule has 10 heteroatoms. The summed E-state index contributed by atoms with van der Waals surface area (Å²) >= 11 is 0. The van der Waals surface area contributed by atoms with Crippen LogP contribution in [0, 0.1) is 0 Å². The first-order chi connectivity index (χ1) is 24.8. The zero-order chi connectivity index (χ0) is 37.4. The molecule has 1 fully saturated rings. The van der Waals surface area contributed by atoms with Crippen molar-refractivity contribution in [2.75, 3.05) is 19.8 Å². The van der Waals surface area contributed by atoms with Crippen molar-refractivity contribution in [3.05, 3.63) is 12.2 Å². The zero-order valence-electron chi connectivity index (χ0n) is 32.4. The summed E-state index contributed by atoms with van der Waals surface area (Å²) in [6, 6.07) is 0. The summed E-state index contributed by atoms with van der Waals surface area (Å²) in [6.45, 7) is 3.40. The molecule has 6 atom stereocenters. The lowest BCUT2D eigenvalue weighted by Crippen LogP contribution is -2.59. The number of rotatable bonds is 34. The van der Waals surface area contributed by atoms with E-state index in [0.717, 1.165) is 51.4 Å². The predicted molar refractivity (Wildman–Crippen MR) is 201 cm³/mol. The van der Waals surface area contributed by atoms with E-state index >= 15 is 0 Å². The first-order valence-corrected chi connectivity index (χ1v) is 20.8. The molecule has 1 rings (SSSR count). The number of hydrogen-bond donors (Lipinski definition) is 4. The van der Waals surface area contributed by atoms with E-state index in [0.29, 0.717) is 6.42 Å². The topological polar surface area (TPSA) is 152 Å². The molecule has 1 aliphatic heterocycles. The van der Waals surface area contributed by atoms with Gasteiger partial charge >= 0.3 is 11.9 Å². The number of allylic oxidation sites excluding steroid dienone is 2. The van der Waals surface area contributed by atoms with Gasteiger partial charge in [0.15, 0.2) is 12.4 Å². The molecule has 0 aliphatic carbocycles. The predicted octanol–water partition coefficient (Wildman–Crippen LogP) is 8.00. The van der Waals surface area contributed by atoms with Crippen molar-refractivity contribution >= 4 is 11.9 Å². The van der Waals surface area contributed by atoms with Crippen LogP contribution in [0.2, 0.25) is 0 Å². The fraction of sp³-hybridized carbons (Fsp3) is 0.902. The Morgan fingerprint density at radius 2 is 1.04 bits per heavy atom. The Kier molecular flexibility index (Phi) is 30.7. The molecule has 1 aliphatic rings. The Balaban J connectivity index is 2.37. The number of ether oxygens (including phenoxy) is 4. The van der Waals surface area contributed by atoms with Crippen LogP contribution < -0.4 is 0 Å². The van der Waals surface area contributed by atoms with Gasteiger partial charge in [-0.2, -0.15) is 0 Å². The third-order valence-electron chi connectivity index (χ3n) is 9.65. The Bertz CT molecular complexity index is 850. The molecule has 0 saturated carbocycles. The van der Waals surface area contributed by atoms with Crippen molar-refractivity contribution in [1.29, 1.82) is 0 Å². The maximum Gasteiger partial charge on any atom is 0.306 e. The average Bonchev–Trinajstić information content (AvgIpc) is 3.13. The summed E-state index contributed by atoms with van der Waals surface area (Å²) in [4.78, 5) is 25.2. The molecule has 0 aromatic carbocycles. The quantitative estimate of drug-likeness (QED) is 0.0291. The van der Waals surface area contributed by atoms with Gasteiger partial charge in [-0.25, -0.2) is 0 Å². The van der Waals surface area contributed by atoms with Gasteiger partial charge in [-0.15, -0.1) is 0 Å². The summed E-state index contributed by atoms with van der Waals surface area (Å²) in [5.41, 5.74) is 0. The van der Waals surface area contributed by atoms with Crippen molar-refractivity contribution in [3.8, 4) is 0 Å². The zero-order valence-corrected chi connectivity index (χ0v) is 32.4. The van der Waals surface area contributed by atoms with E-state index in [9.17, 15) is 30.0 Å². The summed E-state index contributed by atoms with van der Waals surface area (Å²) in [6.07, 6.45) is 25.0. The first-order valence-electron chi connectivity index (χ1n) is 20.8. The molecule has 4 N–H and O–H groups in total. The number of hydrogen-bond acceptors (Lipinski definition) is 10. The highest BCUT2D eigenvalue weighted by molar-refractivity contribution is 5.70.